The topological polar surface area (TPSA) is 109 Å². The first-order valence-corrected chi connectivity index (χ1v) is 10.4. The van der Waals surface area contributed by atoms with Crippen LogP contribution in [0, 0.1) is 0 Å². The van der Waals surface area contributed by atoms with E-state index in [2.05, 4.69) is 24.3 Å². The van der Waals surface area contributed by atoms with Crippen molar-refractivity contribution < 1.29 is 34.3 Å². The number of nitrogens with zero attached hydrogens (tertiary/aromatic N) is 1. The van der Waals surface area contributed by atoms with Gasteiger partial charge in [-0.15, -0.1) is 0 Å². The average Bonchev–Trinajstić information content (AvgIpc) is 3.29. The van der Waals surface area contributed by atoms with E-state index in [9.17, 15) is 15.0 Å². The van der Waals surface area contributed by atoms with E-state index >= 15 is 0 Å². The quantitative estimate of drug-likeness (QED) is 0.655. The lowest BCUT2D eigenvalue weighted by atomic mass is 9.98. The van der Waals surface area contributed by atoms with Gasteiger partial charge in [-0.25, -0.2) is 4.79 Å². The molecule has 164 valence electrons. The van der Waals surface area contributed by atoms with Gasteiger partial charge in [0.15, 0.2) is 6.29 Å². The maximum atomic E-state index is 12.8. The molecule has 0 unspecified atom stereocenters. The third-order valence-electron chi connectivity index (χ3n) is 6.28. The minimum atomic E-state index is -1.34. The predicted octanol–water partition coefficient (Wildman–Crippen LogP) is 1.08. The van der Waals surface area contributed by atoms with Gasteiger partial charge in [-0.2, -0.15) is 0 Å². The normalized spacial score (nSPS) is 26.3. The van der Waals surface area contributed by atoms with Crippen molar-refractivity contribution in [3.8, 4) is 11.1 Å². The maximum absolute atomic E-state index is 12.8. The standard InChI is InChI=1S/C23H25NO7/c25-11-18(26)21(27)22-19-9-24(10-20(30-19)31-22)23(28)29-12-17-15-7-3-1-5-13(15)14-6-2-4-8-16(14)17/h1-8,17-22,25-27H,9-12H2/t18-,19-,20-,21-,22-/m1/s1. The van der Waals surface area contributed by atoms with Crippen molar-refractivity contribution in [1.82, 2.24) is 4.90 Å². The van der Waals surface area contributed by atoms with Crippen LogP contribution in [0.5, 0.6) is 0 Å². The molecular weight excluding hydrogens is 402 g/mol. The van der Waals surface area contributed by atoms with Gasteiger partial charge in [0, 0.05) is 5.92 Å². The Morgan fingerprint density at radius 1 is 1.03 bits per heavy atom. The van der Waals surface area contributed by atoms with Crippen molar-refractivity contribution >= 4 is 6.09 Å². The smallest absolute Gasteiger partial charge is 0.410 e. The zero-order valence-corrected chi connectivity index (χ0v) is 16.8. The van der Waals surface area contributed by atoms with Crippen LogP contribution < -0.4 is 0 Å². The number of hydrogen-bond acceptors (Lipinski definition) is 7. The summed E-state index contributed by atoms with van der Waals surface area (Å²) in [5, 5.41) is 28.9. The minimum absolute atomic E-state index is 0.0281. The molecule has 2 aromatic carbocycles. The van der Waals surface area contributed by atoms with Crippen LogP contribution in [-0.4, -0.2) is 83.3 Å². The van der Waals surface area contributed by atoms with Crippen LogP contribution in [0.15, 0.2) is 48.5 Å². The Morgan fingerprint density at radius 2 is 1.68 bits per heavy atom. The maximum Gasteiger partial charge on any atom is 0.410 e. The van der Waals surface area contributed by atoms with Gasteiger partial charge < -0.3 is 34.4 Å². The first-order valence-electron chi connectivity index (χ1n) is 10.4. The van der Waals surface area contributed by atoms with Crippen LogP contribution >= 0.6 is 0 Å². The molecule has 2 bridgehead atoms. The van der Waals surface area contributed by atoms with E-state index in [4.69, 9.17) is 19.3 Å². The first-order chi connectivity index (χ1) is 15.1. The third-order valence-corrected chi connectivity index (χ3v) is 6.28. The molecular formula is C23H25NO7. The number of carbonyl (C=O) groups excluding carboxylic acids is 1. The SMILES string of the molecule is O=C(OCC1c2ccccc2-c2ccccc21)N1C[C@H]2O[C@@H]([C@H](O)[C@H](O)CO)[C@@H](C1)O2. The van der Waals surface area contributed by atoms with Gasteiger partial charge in [-0.05, 0) is 22.3 Å². The molecule has 0 aromatic heterocycles. The van der Waals surface area contributed by atoms with Crippen molar-refractivity contribution in [2.24, 2.45) is 0 Å². The zero-order valence-electron chi connectivity index (χ0n) is 16.8. The highest BCUT2D eigenvalue weighted by Gasteiger charge is 2.48. The third kappa shape index (κ3) is 3.60. The molecule has 2 aliphatic heterocycles. The van der Waals surface area contributed by atoms with Crippen molar-refractivity contribution in [2.75, 3.05) is 26.3 Å². The highest BCUT2D eigenvalue weighted by atomic mass is 16.7. The summed E-state index contributed by atoms with van der Waals surface area (Å²) in [6, 6.07) is 16.3. The number of benzene rings is 2. The van der Waals surface area contributed by atoms with Gasteiger partial charge in [-0.3, -0.25) is 0 Å². The largest absolute Gasteiger partial charge is 0.448 e. The fourth-order valence-corrected chi connectivity index (χ4v) is 4.73. The molecule has 0 spiro atoms. The molecule has 5 atom stereocenters. The fourth-order valence-electron chi connectivity index (χ4n) is 4.73. The highest BCUT2D eigenvalue weighted by Crippen LogP contribution is 2.44. The molecule has 8 heteroatoms. The lowest BCUT2D eigenvalue weighted by molar-refractivity contribution is -0.120. The van der Waals surface area contributed by atoms with Crippen LogP contribution in [0.4, 0.5) is 4.79 Å². The van der Waals surface area contributed by atoms with E-state index in [1.54, 1.807) is 0 Å². The Kier molecular flexibility index (Phi) is 5.41. The van der Waals surface area contributed by atoms with E-state index < -0.39 is 43.4 Å². The second-order valence-corrected chi connectivity index (χ2v) is 8.15. The summed E-state index contributed by atoms with van der Waals surface area (Å²) in [5.74, 6) is -0.0281. The number of rotatable bonds is 5. The second-order valence-electron chi connectivity index (χ2n) is 8.15. The van der Waals surface area contributed by atoms with Gasteiger partial charge in [0.25, 0.3) is 0 Å². The Balaban J connectivity index is 1.25. The van der Waals surface area contributed by atoms with Crippen LogP contribution in [0.25, 0.3) is 11.1 Å². The van der Waals surface area contributed by atoms with Gasteiger partial charge in [0.2, 0.25) is 0 Å². The van der Waals surface area contributed by atoms with Crippen LogP contribution in [0.2, 0.25) is 0 Å². The highest BCUT2D eigenvalue weighted by molar-refractivity contribution is 5.79. The van der Waals surface area contributed by atoms with E-state index in [-0.39, 0.29) is 25.6 Å². The molecule has 8 nitrogen and oxygen atoms in total. The number of amides is 1. The molecule has 3 N–H and O–H groups in total. The van der Waals surface area contributed by atoms with Crippen molar-refractivity contribution in [3.63, 3.8) is 0 Å². The number of aliphatic hydroxyl groups excluding tert-OH is 3. The van der Waals surface area contributed by atoms with E-state index in [0.29, 0.717) is 0 Å². The van der Waals surface area contributed by atoms with Gasteiger partial charge >= 0.3 is 6.09 Å². The number of ether oxygens (including phenoxy) is 3. The summed E-state index contributed by atoms with van der Waals surface area (Å²) in [7, 11) is 0. The van der Waals surface area contributed by atoms with Crippen molar-refractivity contribution in [1.29, 1.82) is 0 Å². The molecule has 0 saturated carbocycles. The molecule has 3 aliphatic rings. The second kappa shape index (κ2) is 8.22. The summed E-state index contributed by atoms with van der Waals surface area (Å²) in [6.45, 7) is -0.0249. The molecule has 1 amide bonds. The number of hydrogen-bond donors (Lipinski definition) is 3. The minimum Gasteiger partial charge on any atom is -0.448 e. The van der Waals surface area contributed by atoms with E-state index in [1.807, 2.05) is 24.3 Å². The molecule has 2 heterocycles. The van der Waals surface area contributed by atoms with Crippen LogP contribution in [-0.2, 0) is 14.2 Å². The first kappa shape index (κ1) is 20.4. The molecule has 5 rings (SSSR count). The number of morpholine rings is 1. The number of aliphatic hydroxyl groups is 3. The predicted molar refractivity (Wildman–Crippen MR) is 109 cm³/mol. The Morgan fingerprint density at radius 3 is 2.32 bits per heavy atom. The number of fused-ring (bicyclic) bond motifs is 5. The van der Waals surface area contributed by atoms with E-state index in [1.165, 1.54) is 4.90 Å². The Hall–Kier alpha value is -2.49. The summed E-state index contributed by atoms with van der Waals surface area (Å²) in [5.41, 5.74) is 4.61. The summed E-state index contributed by atoms with van der Waals surface area (Å²) in [6.07, 6.45) is -5.24. The van der Waals surface area contributed by atoms with Gasteiger partial charge in [-0.1, -0.05) is 48.5 Å². The summed E-state index contributed by atoms with van der Waals surface area (Å²) < 4.78 is 17.0. The Bertz CT molecular complexity index is 921. The zero-order chi connectivity index (χ0) is 21.5. The monoisotopic (exact) mass is 427 g/mol. The molecule has 2 fully saturated rings. The lowest BCUT2D eigenvalue weighted by Gasteiger charge is -2.31. The van der Waals surface area contributed by atoms with E-state index in [0.717, 1.165) is 22.3 Å². The summed E-state index contributed by atoms with van der Waals surface area (Å²) in [4.78, 5) is 14.3. The fraction of sp³-hybridized carbons (Fsp3) is 0.435. The van der Waals surface area contributed by atoms with Gasteiger partial charge in [0.05, 0.1) is 19.7 Å². The molecule has 0 radical (unpaired) electrons. The van der Waals surface area contributed by atoms with Crippen LogP contribution in [0.3, 0.4) is 0 Å². The molecule has 2 saturated heterocycles. The van der Waals surface area contributed by atoms with Gasteiger partial charge in [0.1, 0.15) is 31.0 Å². The summed E-state index contributed by atoms with van der Waals surface area (Å²) >= 11 is 0. The van der Waals surface area contributed by atoms with Crippen molar-refractivity contribution in [3.05, 3.63) is 59.7 Å². The lowest BCUT2D eigenvalue weighted by Crippen LogP contribution is -2.50. The van der Waals surface area contributed by atoms with Crippen LogP contribution in [0.1, 0.15) is 17.0 Å². The van der Waals surface area contributed by atoms with Crippen molar-refractivity contribution in [2.45, 2.75) is 36.6 Å². The molecule has 2 aromatic rings. The Labute approximate surface area is 179 Å². The average molecular weight is 427 g/mol. The molecule has 31 heavy (non-hydrogen) atoms. The number of carbonyl (C=O) groups is 1. The molecule has 1 aliphatic carbocycles.